The van der Waals surface area contributed by atoms with Gasteiger partial charge in [-0.1, -0.05) is 0 Å². The van der Waals surface area contributed by atoms with Gasteiger partial charge in [0.15, 0.2) is 0 Å². The van der Waals surface area contributed by atoms with E-state index in [2.05, 4.69) is 5.10 Å². The average Bonchev–Trinajstić information content (AvgIpc) is 2.92. The molecular weight excluding hydrogens is 289 g/mol. The monoisotopic (exact) mass is 306 g/mol. The highest BCUT2D eigenvalue weighted by Crippen LogP contribution is 2.36. The minimum absolute atomic E-state index is 0.306. The molecule has 0 aliphatic carbocycles. The van der Waals surface area contributed by atoms with Gasteiger partial charge < -0.3 is 9.31 Å². The lowest BCUT2D eigenvalue weighted by molar-refractivity contribution is 0.00578. The fraction of sp³-hybridized carbons (Fsp3) is 0.400. The van der Waals surface area contributed by atoms with Crippen molar-refractivity contribution in [2.75, 3.05) is 0 Å². The molecule has 22 heavy (non-hydrogen) atoms. The van der Waals surface area contributed by atoms with Gasteiger partial charge in [-0.2, -0.15) is 5.10 Å². The highest BCUT2D eigenvalue weighted by atomic mass is 19.1. The molecule has 2 heterocycles. The molecule has 0 amide bonds. The summed E-state index contributed by atoms with van der Waals surface area (Å²) >= 11 is 0. The van der Waals surface area contributed by atoms with E-state index in [4.69, 9.17) is 9.31 Å². The third-order valence-electron chi connectivity index (χ3n) is 4.24. The van der Waals surface area contributed by atoms with Crippen molar-refractivity contribution in [1.29, 1.82) is 0 Å². The van der Waals surface area contributed by atoms with Gasteiger partial charge in [0.2, 0.25) is 0 Å². The van der Waals surface area contributed by atoms with E-state index in [1.165, 1.54) is 16.8 Å². The maximum atomic E-state index is 13.3. The Morgan fingerprint density at radius 3 is 2.09 bits per heavy atom. The van der Waals surface area contributed by atoms with Crippen molar-refractivity contribution >= 4 is 12.6 Å². The highest BCUT2D eigenvalue weighted by molar-refractivity contribution is 6.62. The first-order valence-electron chi connectivity index (χ1n) is 7.05. The van der Waals surface area contributed by atoms with Gasteiger partial charge in [0.1, 0.15) is 11.6 Å². The number of hydrogen-bond acceptors (Lipinski definition) is 3. The minimum atomic E-state index is -0.650. The van der Waals surface area contributed by atoms with Crippen LogP contribution in [0, 0.1) is 11.6 Å². The lowest BCUT2D eigenvalue weighted by Gasteiger charge is -2.32. The van der Waals surface area contributed by atoms with E-state index < -0.39 is 30.0 Å². The Morgan fingerprint density at radius 2 is 1.55 bits per heavy atom. The van der Waals surface area contributed by atoms with E-state index >= 15 is 0 Å². The van der Waals surface area contributed by atoms with E-state index in [9.17, 15) is 8.78 Å². The Kier molecular flexibility index (Phi) is 3.38. The molecule has 1 aliphatic rings. The van der Waals surface area contributed by atoms with Crippen molar-refractivity contribution < 1.29 is 18.1 Å². The van der Waals surface area contributed by atoms with E-state index in [-0.39, 0.29) is 0 Å². The van der Waals surface area contributed by atoms with Crippen LogP contribution in [0.4, 0.5) is 8.78 Å². The Balaban J connectivity index is 1.89. The summed E-state index contributed by atoms with van der Waals surface area (Å²) in [6.07, 6.45) is 3.22. The zero-order chi connectivity index (χ0) is 16.1. The zero-order valence-electron chi connectivity index (χ0n) is 12.9. The van der Waals surface area contributed by atoms with Crippen LogP contribution in [-0.4, -0.2) is 28.1 Å². The van der Waals surface area contributed by atoms with Crippen molar-refractivity contribution in [3.63, 3.8) is 0 Å². The molecule has 1 aliphatic heterocycles. The maximum Gasteiger partial charge on any atom is 0.498 e. The summed E-state index contributed by atoms with van der Waals surface area (Å²) in [5, 5.41) is 4.13. The van der Waals surface area contributed by atoms with E-state index in [1.54, 1.807) is 12.4 Å². The summed E-state index contributed by atoms with van der Waals surface area (Å²) in [5.41, 5.74) is 0.0960. The number of hydrogen-bond donors (Lipinski definition) is 0. The van der Waals surface area contributed by atoms with Gasteiger partial charge in [0.05, 0.1) is 16.9 Å². The number of aromatic nitrogens is 2. The molecule has 7 heteroatoms. The van der Waals surface area contributed by atoms with Crippen molar-refractivity contribution in [1.82, 2.24) is 9.78 Å². The zero-order valence-corrected chi connectivity index (χ0v) is 12.9. The normalized spacial score (nSPS) is 19.6. The molecule has 0 spiro atoms. The van der Waals surface area contributed by atoms with Crippen LogP contribution < -0.4 is 5.46 Å². The molecule has 3 rings (SSSR count). The summed E-state index contributed by atoms with van der Waals surface area (Å²) < 4.78 is 39.8. The van der Waals surface area contributed by atoms with Crippen LogP contribution in [0.2, 0.25) is 0 Å². The molecule has 2 aromatic rings. The molecule has 4 nitrogen and oxygen atoms in total. The van der Waals surface area contributed by atoms with Gasteiger partial charge >= 0.3 is 7.12 Å². The first kappa shape index (κ1) is 15.2. The quantitative estimate of drug-likeness (QED) is 0.800. The summed E-state index contributed by atoms with van der Waals surface area (Å²) in [5.74, 6) is -1.30. The molecule has 1 aromatic heterocycles. The molecule has 0 radical (unpaired) electrons. The number of halogens is 2. The van der Waals surface area contributed by atoms with Crippen molar-refractivity contribution in [2.45, 2.75) is 38.9 Å². The molecule has 0 bridgehead atoms. The van der Waals surface area contributed by atoms with Gasteiger partial charge in [-0.05, 0) is 39.8 Å². The average molecular weight is 306 g/mol. The maximum absolute atomic E-state index is 13.3. The van der Waals surface area contributed by atoms with Gasteiger partial charge in [0, 0.05) is 23.9 Å². The lowest BCUT2D eigenvalue weighted by atomic mass is 9.82. The molecule has 1 aromatic carbocycles. The number of nitrogens with zero attached hydrogens (tertiary/aromatic N) is 2. The van der Waals surface area contributed by atoms with E-state index in [0.717, 1.165) is 6.07 Å². The molecule has 0 atom stereocenters. The van der Waals surface area contributed by atoms with Crippen LogP contribution in [0.25, 0.3) is 5.69 Å². The Bertz CT molecular complexity index is 679. The fourth-order valence-electron chi connectivity index (χ4n) is 2.25. The standard InChI is InChI=1S/C15H17BF2N2O2/c1-14(2)15(3,4)22-16(21-14)10-8-19-20(9-10)13-6-11(17)5-12(18)7-13/h5-9H,1-4H3. The van der Waals surface area contributed by atoms with Crippen LogP contribution >= 0.6 is 0 Å². The SMILES string of the molecule is CC1(C)OB(c2cnn(-c3cc(F)cc(F)c3)c2)OC1(C)C. The first-order valence-corrected chi connectivity index (χ1v) is 7.05. The summed E-state index contributed by atoms with van der Waals surface area (Å²) in [7, 11) is -0.558. The molecule has 0 N–H and O–H groups in total. The van der Waals surface area contributed by atoms with Gasteiger partial charge in [-0.25, -0.2) is 13.5 Å². The molecule has 116 valence electrons. The summed E-state index contributed by atoms with van der Waals surface area (Å²) in [6, 6.07) is 3.25. The third-order valence-corrected chi connectivity index (χ3v) is 4.24. The molecule has 0 unspecified atom stereocenters. The Labute approximate surface area is 128 Å². The largest absolute Gasteiger partial charge is 0.498 e. The second-order valence-electron chi connectivity index (χ2n) is 6.43. The number of rotatable bonds is 2. The third kappa shape index (κ3) is 2.55. The second kappa shape index (κ2) is 4.89. The predicted molar refractivity (Wildman–Crippen MR) is 79.2 cm³/mol. The van der Waals surface area contributed by atoms with Crippen LogP contribution in [0.15, 0.2) is 30.6 Å². The summed E-state index contributed by atoms with van der Waals surface area (Å²) in [6.45, 7) is 7.83. The van der Waals surface area contributed by atoms with Crippen LogP contribution in [0.3, 0.4) is 0 Å². The predicted octanol–water partition coefficient (Wildman–Crippen LogP) is 2.45. The molecule has 0 saturated carbocycles. The van der Waals surface area contributed by atoms with Crippen LogP contribution in [0.5, 0.6) is 0 Å². The second-order valence-corrected chi connectivity index (χ2v) is 6.43. The molecular formula is C15H17BF2N2O2. The van der Waals surface area contributed by atoms with Crippen molar-refractivity contribution in [2.24, 2.45) is 0 Å². The van der Waals surface area contributed by atoms with Crippen molar-refractivity contribution in [3.05, 3.63) is 42.2 Å². The van der Waals surface area contributed by atoms with Crippen LogP contribution in [0.1, 0.15) is 27.7 Å². The topological polar surface area (TPSA) is 36.3 Å². The van der Waals surface area contributed by atoms with Crippen LogP contribution in [-0.2, 0) is 9.31 Å². The lowest BCUT2D eigenvalue weighted by Crippen LogP contribution is -2.41. The molecule has 1 saturated heterocycles. The minimum Gasteiger partial charge on any atom is -0.399 e. The van der Waals surface area contributed by atoms with Crippen molar-refractivity contribution in [3.8, 4) is 5.69 Å². The Morgan fingerprint density at radius 1 is 1.00 bits per heavy atom. The first-order chi connectivity index (χ1) is 10.2. The summed E-state index contributed by atoms with van der Waals surface area (Å²) in [4.78, 5) is 0. The highest BCUT2D eigenvalue weighted by Gasteiger charge is 2.52. The van der Waals surface area contributed by atoms with Gasteiger partial charge in [0.25, 0.3) is 0 Å². The Hall–Kier alpha value is -1.73. The molecule has 1 fully saturated rings. The van der Waals surface area contributed by atoms with Gasteiger partial charge in [-0.3, -0.25) is 0 Å². The fourth-order valence-corrected chi connectivity index (χ4v) is 2.25. The van der Waals surface area contributed by atoms with E-state index in [1.807, 2.05) is 27.7 Å². The number of benzene rings is 1. The van der Waals surface area contributed by atoms with E-state index in [0.29, 0.717) is 11.2 Å². The van der Waals surface area contributed by atoms with Gasteiger partial charge in [-0.15, -0.1) is 0 Å². The smallest absolute Gasteiger partial charge is 0.399 e.